The van der Waals surface area contributed by atoms with Gasteiger partial charge in [-0.05, 0) is 34.8 Å². The number of thiophene rings is 1. The lowest BCUT2D eigenvalue weighted by atomic mass is 9.94. The van der Waals surface area contributed by atoms with Crippen LogP contribution in [0, 0.1) is 0 Å². The Morgan fingerprint density at radius 1 is 1.39 bits per heavy atom. The highest BCUT2D eigenvalue weighted by atomic mass is 79.9. The minimum atomic E-state index is 0.184. The molecule has 100 valence electrons. The maximum Gasteiger partial charge on any atom is 0.255 e. The van der Waals surface area contributed by atoms with E-state index in [2.05, 4.69) is 36.8 Å². The smallest absolute Gasteiger partial charge is 0.255 e. The molecule has 0 aromatic carbocycles. The molecule has 1 aromatic rings. The van der Waals surface area contributed by atoms with Gasteiger partial charge in [-0.25, -0.2) is 0 Å². The summed E-state index contributed by atoms with van der Waals surface area (Å²) < 4.78 is 1.02. The molecule has 0 atom stereocenters. The summed E-state index contributed by atoms with van der Waals surface area (Å²) in [4.78, 5) is 14.6. The maximum absolute atomic E-state index is 12.5. The fraction of sp³-hybridized carbons (Fsp3) is 0.615. The molecule has 5 heteroatoms. The van der Waals surface area contributed by atoms with Crippen LogP contribution >= 0.6 is 43.2 Å². The van der Waals surface area contributed by atoms with Crippen molar-refractivity contribution in [2.75, 3.05) is 11.9 Å². The molecular formula is C13H17Br2NOS. The Hall–Kier alpha value is 0.130. The van der Waals surface area contributed by atoms with E-state index >= 15 is 0 Å². The second-order valence-corrected chi connectivity index (χ2v) is 7.70. The molecule has 0 aliphatic heterocycles. The molecule has 0 saturated heterocycles. The fourth-order valence-electron chi connectivity index (χ4n) is 2.52. The molecule has 1 amide bonds. The van der Waals surface area contributed by atoms with E-state index in [0.717, 1.165) is 34.1 Å². The van der Waals surface area contributed by atoms with Crippen LogP contribution in [0.4, 0.5) is 0 Å². The molecule has 1 aliphatic rings. The minimum absolute atomic E-state index is 0.184. The van der Waals surface area contributed by atoms with Crippen molar-refractivity contribution in [3.05, 3.63) is 20.8 Å². The van der Waals surface area contributed by atoms with Crippen LogP contribution in [0.3, 0.4) is 0 Å². The Morgan fingerprint density at radius 2 is 2.11 bits per heavy atom. The number of carbonyl (C=O) groups excluding carboxylic acids is 1. The molecule has 1 saturated carbocycles. The number of amides is 1. The third-order valence-corrected chi connectivity index (χ3v) is 5.28. The van der Waals surface area contributed by atoms with Gasteiger partial charge in [-0.3, -0.25) is 4.79 Å². The van der Waals surface area contributed by atoms with Crippen LogP contribution in [0.15, 0.2) is 15.2 Å². The minimum Gasteiger partial charge on any atom is -0.335 e. The summed E-state index contributed by atoms with van der Waals surface area (Å²) in [6.45, 7) is 0.803. The Bertz CT molecular complexity index is 401. The number of hydrogen-bond donors (Lipinski definition) is 0. The summed E-state index contributed by atoms with van der Waals surface area (Å²) in [7, 11) is 0. The van der Waals surface area contributed by atoms with Gasteiger partial charge in [0.15, 0.2) is 0 Å². The molecule has 0 unspecified atom stereocenters. The molecule has 1 aliphatic carbocycles. The number of rotatable bonds is 4. The molecular weight excluding hydrogens is 378 g/mol. The molecule has 1 fully saturated rings. The first kappa shape index (κ1) is 14.5. The van der Waals surface area contributed by atoms with Gasteiger partial charge in [0.25, 0.3) is 5.91 Å². The van der Waals surface area contributed by atoms with Gasteiger partial charge in [0.1, 0.15) is 0 Å². The van der Waals surface area contributed by atoms with E-state index in [1.165, 1.54) is 19.3 Å². The Labute approximate surface area is 129 Å². The van der Waals surface area contributed by atoms with Crippen molar-refractivity contribution < 1.29 is 4.79 Å². The fourth-order valence-corrected chi connectivity index (χ4v) is 4.03. The second-order valence-electron chi connectivity index (χ2n) is 4.62. The number of hydrogen-bond acceptors (Lipinski definition) is 2. The van der Waals surface area contributed by atoms with E-state index in [1.54, 1.807) is 11.3 Å². The van der Waals surface area contributed by atoms with Crippen molar-refractivity contribution in [2.45, 2.75) is 38.1 Å². The summed E-state index contributed by atoms with van der Waals surface area (Å²) in [5.74, 6) is 0.184. The van der Waals surface area contributed by atoms with Gasteiger partial charge in [0, 0.05) is 23.3 Å². The molecule has 0 bridgehead atoms. The summed E-state index contributed by atoms with van der Waals surface area (Å²) in [6.07, 6.45) is 6.14. The highest BCUT2D eigenvalue weighted by molar-refractivity contribution is 9.11. The summed E-state index contributed by atoms with van der Waals surface area (Å²) in [5, 5.41) is 2.79. The van der Waals surface area contributed by atoms with Gasteiger partial charge in [0.05, 0.1) is 9.35 Å². The van der Waals surface area contributed by atoms with Gasteiger partial charge >= 0.3 is 0 Å². The molecule has 0 N–H and O–H groups in total. The van der Waals surface area contributed by atoms with Crippen LogP contribution < -0.4 is 0 Å². The molecule has 1 heterocycles. The zero-order valence-corrected chi connectivity index (χ0v) is 14.2. The first-order valence-electron chi connectivity index (χ1n) is 6.33. The molecule has 2 rings (SSSR count). The highest BCUT2D eigenvalue weighted by Gasteiger charge is 2.26. The summed E-state index contributed by atoms with van der Waals surface area (Å²) in [6, 6.07) is 2.36. The van der Waals surface area contributed by atoms with Gasteiger partial charge in [-0.2, -0.15) is 0 Å². The molecule has 18 heavy (non-hydrogen) atoms. The largest absolute Gasteiger partial charge is 0.335 e. The van der Waals surface area contributed by atoms with E-state index in [4.69, 9.17) is 0 Å². The zero-order chi connectivity index (χ0) is 13.0. The van der Waals surface area contributed by atoms with Crippen LogP contribution in [0.5, 0.6) is 0 Å². The van der Waals surface area contributed by atoms with Crippen molar-refractivity contribution in [1.82, 2.24) is 4.90 Å². The molecule has 2 nitrogen and oxygen atoms in total. The van der Waals surface area contributed by atoms with Crippen LogP contribution in [-0.2, 0) is 0 Å². The van der Waals surface area contributed by atoms with Gasteiger partial charge < -0.3 is 4.90 Å². The quantitative estimate of drug-likeness (QED) is 0.678. The van der Waals surface area contributed by atoms with Crippen LogP contribution in [0.2, 0.25) is 0 Å². The van der Waals surface area contributed by atoms with Crippen LogP contribution in [-0.4, -0.2) is 28.7 Å². The number of carbonyl (C=O) groups is 1. The lowest BCUT2D eigenvalue weighted by Crippen LogP contribution is -2.42. The van der Waals surface area contributed by atoms with Crippen LogP contribution in [0.25, 0.3) is 0 Å². The lowest BCUT2D eigenvalue weighted by Gasteiger charge is -2.34. The Morgan fingerprint density at radius 3 is 2.67 bits per heavy atom. The van der Waals surface area contributed by atoms with Crippen molar-refractivity contribution >= 4 is 49.1 Å². The monoisotopic (exact) mass is 393 g/mol. The molecule has 1 aromatic heterocycles. The van der Waals surface area contributed by atoms with Crippen molar-refractivity contribution in [1.29, 1.82) is 0 Å². The van der Waals surface area contributed by atoms with Crippen LogP contribution in [0.1, 0.15) is 42.5 Å². The number of alkyl halides is 1. The van der Waals surface area contributed by atoms with Gasteiger partial charge in [-0.15, -0.1) is 11.3 Å². The molecule has 0 radical (unpaired) electrons. The first-order chi connectivity index (χ1) is 8.72. The van der Waals surface area contributed by atoms with E-state index in [0.29, 0.717) is 6.04 Å². The average Bonchev–Trinajstić information content (AvgIpc) is 2.83. The lowest BCUT2D eigenvalue weighted by molar-refractivity contribution is 0.0651. The Balaban J connectivity index is 2.10. The third kappa shape index (κ3) is 3.58. The van der Waals surface area contributed by atoms with E-state index < -0.39 is 0 Å². The average molecular weight is 395 g/mol. The first-order valence-corrected chi connectivity index (χ1v) is 9.12. The number of nitrogens with zero attached hydrogens (tertiary/aromatic N) is 1. The highest BCUT2D eigenvalue weighted by Crippen LogP contribution is 2.26. The van der Waals surface area contributed by atoms with Crippen molar-refractivity contribution in [2.24, 2.45) is 0 Å². The van der Waals surface area contributed by atoms with Crippen molar-refractivity contribution in [3.63, 3.8) is 0 Å². The zero-order valence-electron chi connectivity index (χ0n) is 10.2. The topological polar surface area (TPSA) is 20.3 Å². The van der Waals surface area contributed by atoms with Crippen molar-refractivity contribution in [3.8, 4) is 0 Å². The summed E-state index contributed by atoms with van der Waals surface area (Å²) >= 11 is 8.46. The van der Waals surface area contributed by atoms with E-state index in [1.807, 2.05) is 11.4 Å². The van der Waals surface area contributed by atoms with Gasteiger partial charge in [-0.1, -0.05) is 35.2 Å². The molecule has 0 spiro atoms. The van der Waals surface area contributed by atoms with E-state index in [-0.39, 0.29) is 5.91 Å². The summed E-state index contributed by atoms with van der Waals surface area (Å²) in [5.41, 5.74) is 0.818. The SMILES string of the molecule is O=C(c1csc(Br)c1)N(CCBr)C1CCCCC1. The van der Waals surface area contributed by atoms with E-state index in [9.17, 15) is 4.79 Å². The standard InChI is InChI=1S/C13H17Br2NOS/c14-6-7-16(11-4-2-1-3-5-11)13(17)10-8-12(15)18-9-10/h8-9,11H,1-7H2. The van der Waals surface area contributed by atoms with Gasteiger partial charge in [0.2, 0.25) is 0 Å². The Kier molecular flexibility index (Phi) is 5.70. The predicted molar refractivity (Wildman–Crippen MR) is 83.7 cm³/mol. The third-order valence-electron chi connectivity index (χ3n) is 3.42. The predicted octanol–water partition coefficient (Wildman–Crippen LogP) is 4.68. The second kappa shape index (κ2) is 7.06. The number of halogens is 2. The normalized spacial score (nSPS) is 16.8. The maximum atomic E-state index is 12.5.